The summed E-state index contributed by atoms with van der Waals surface area (Å²) in [5.74, 6) is 0. The number of nitrogens with two attached hydrogens (primary N) is 1. The predicted molar refractivity (Wildman–Crippen MR) is 63.7 cm³/mol. The number of likely N-dealkylation sites (tertiary alicyclic amines) is 1. The van der Waals surface area contributed by atoms with E-state index in [0.29, 0.717) is 19.6 Å². The lowest BCUT2D eigenvalue weighted by Crippen LogP contribution is -2.63. The Kier molecular flexibility index (Phi) is 3.08. The van der Waals surface area contributed by atoms with Crippen LogP contribution < -0.4 is 5.73 Å². The predicted octanol–water partition coefficient (Wildman–Crippen LogP) is 0.971. The fraction of sp³-hybridized carbons (Fsp3) is 0.917. The summed E-state index contributed by atoms with van der Waals surface area (Å²) in [5.41, 5.74) is 5.34. The molecule has 1 amide bonds. The van der Waals surface area contributed by atoms with E-state index in [1.165, 1.54) is 0 Å². The molecule has 5 heteroatoms. The summed E-state index contributed by atoms with van der Waals surface area (Å²) >= 11 is 0. The van der Waals surface area contributed by atoms with Crippen LogP contribution in [0.4, 0.5) is 4.79 Å². The lowest BCUT2D eigenvalue weighted by atomic mass is 9.74. The second-order valence-electron chi connectivity index (χ2n) is 6.04. The maximum absolute atomic E-state index is 11.8. The Hall–Kier alpha value is -0.810. The van der Waals surface area contributed by atoms with E-state index in [1.807, 2.05) is 20.8 Å². The number of carbonyl (C=O) groups excluding carboxylic acids is 1. The van der Waals surface area contributed by atoms with Crippen molar-refractivity contribution in [3.05, 3.63) is 0 Å². The van der Waals surface area contributed by atoms with Gasteiger partial charge in [-0.15, -0.1) is 0 Å². The van der Waals surface area contributed by atoms with E-state index in [4.69, 9.17) is 15.2 Å². The molecule has 0 radical (unpaired) electrons. The Bertz CT molecular complexity index is 305. The zero-order chi connectivity index (χ0) is 12.7. The van der Waals surface area contributed by atoms with E-state index in [2.05, 4.69) is 0 Å². The van der Waals surface area contributed by atoms with Crippen LogP contribution in [-0.2, 0) is 9.47 Å². The van der Waals surface area contributed by atoms with Crippen molar-refractivity contribution in [1.29, 1.82) is 0 Å². The summed E-state index contributed by atoms with van der Waals surface area (Å²) in [6, 6.07) is 0. The second kappa shape index (κ2) is 4.14. The molecule has 1 unspecified atom stereocenters. The Morgan fingerprint density at radius 2 is 2.18 bits per heavy atom. The highest BCUT2D eigenvalue weighted by Gasteiger charge is 2.54. The number of ether oxygens (including phenoxy) is 2. The minimum Gasteiger partial charge on any atom is -0.444 e. The minimum atomic E-state index is -0.431. The van der Waals surface area contributed by atoms with Crippen LogP contribution in [0.2, 0.25) is 0 Å². The molecule has 1 atom stereocenters. The average molecular weight is 242 g/mol. The van der Waals surface area contributed by atoms with E-state index >= 15 is 0 Å². The highest BCUT2D eigenvalue weighted by molar-refractivity contribution is 5.69. The van der Waals surface area contributed by atoms with E-state index in [0.717, 1.165) is 13.0 Å². The van der Waals surface area contributed by atoms with Gasteiger partial charge in [-0.1, -0.05) is 0 Å². The van der Waals surface area contributed by atoms with Crippen molar-refractivity contribution in [2.75, 3.05) is 26.2 Å². The van der Waals surface area contributed by atoms with Crippen molar-refractivity contribution in [3.8, 4) is 0 Å². The maximum Gasteiger partial charge on any atom is 0.410 e. The molecule has 2 rings (SSSR count). The molecule has 2 N–H and O–H groups in total. The first kappa shape index (κ1) is 12.6. The summed E-state index contributed by atoms with van der Waals surface area (Å²) in [6.07, 6.45) is 0.862. The molecule has 0 saturated carbocycles. The molecule has 0 aromatic rings. The number of hydrogen-bond donors (Lipinski definition) is 1. The van der Waals surface area contributed by atoms with E-state index in [-0.39, 0.29) is 17.6 Å². The molecule has 0 aromatic carbocycles. The zero-order valence-corrected chi connectivity index (χ0v) is 10.9. The van der Waals surface area contributed by atoms with Crippen molar-refractivity contribution in [2.24, 2.45) is 11.1 Å². The summed E-state index contributed by atoms with van der Waals surface area (Å²) in [4.78, 5) is 13.5. The van der Waals surface area contributed by atoms with Crippen molar-refractivity contribution in [3.63, 3.8) is 0 Å². The fourth-order valence-corrected chi connectivity index (χ4v) is 2.59. The van der Waals surface area contributed by atoms with Gasteiger partial charge < -0.3 is 20.1 Å². The first-order valence-corrected chi connectivity index (χ1v) is 6.16. The summed E-state index contributed by atoms with van der Waals surface area (Å²) in [7, 11) is 0. The molecule has 98 valence electrons. The number of rotatable bonds is 1. The number of amides is 1. The van der Waals surface area contributed by atoms with Crippen LogP contribution in [0.25, 0.3) is 0 Å². The lowest BCUT2D eigenvalue weighted by molar-refractivity contribution is -0.0632. The molecule has 0 aromatic heterocycles. The van der Waals surface area contributed by atoms with Crippen LogP contribution in [0.1, 0.15) is 27.2 Å². The lowest BCUT2D eigenvalue weighted by Gasteiger charge is -2.49. The quantitative estimate of drug-likeness (QED) is 0.744. The molecule has 2 fully saturated rings. The first-order valence-electron chi connectivity index (χ1n) is 6.16. The second-order valence-corrected chi connectivity index (χ2v) is 6.04. The molecule has 1 spiro atoms. The van der Waals surface area contributed by atoms with Crippen LogP contribution in [-0.4, -0.2) is 48.9 Å². The van der Waals surface area contributed by atoms with Gasteiger partial charge in [0.2, 0.25) is 0 Å². The van der Waals surface area contributed by atoms with Crippen LogP contribution in [0.3, 0.4) is 0 Å². The van der Waals surface area contributed by atoms with Crippen molar-refractivity contribution in [1.82, 2.24) is 4.90 Å². The van der Waals surface area contributed by atoms with Crippen LogP contribution in [0, 0.1) is 5.41 Å². The fourth-order valence-electron chi connectivity index (χ4n) is 2.59. The molecule has 17 heavy (non-hydrogen) atoms. The number of hydrogen-bond acceptors (Lipinski definition) is 4. The van der Waals surface area contributed by atoms with Gasteiger partial charge in [0.25, 0.3) is 0 Å². The SMILES string of the molecule is CC(C)(C)OC(=O)N1CC2(CCOC2CN)C1. The van der Waals surface area contributed by atoms with E-state index in [9.17, 15) is 4.79 Å². The Morgan fingerprint density at radius 1 is 1.53 bits per heavy atom. The van der Waals surface area contributed by atoms with Gasteiger partial charge in [0, 0.05) is 31.7 Å². The van der Waals surface area contributed by atoms with E-state index < -0.39 is 5.60 Å². The maximum atomic E-state index is 11.8. The third-order valence-corrected chi connectivity index (χ3v) is 3.48. The van der Waals surface area contributed by atoms with Gasteiger partial charge in [-0.25, -0.2) is 4.79 Å². The van der Waals surface area contributed by atoms with Crippen molar-refractivity contribution < 1.29 is 14.3 Å². The number of carbonyl (C=O) groups is 1. The Morgan fingerprint density at radius 3 is 2.71 bits per heavy atom. The average Bonchev–Trinajstić information content (AvgIpc) is 2.55. The molecule has 2 heterocycles. The molecular formula is C12H22N2O3. The molecule has 2 saturated heterocycles. The van der Waals surface area contributed by atoms with Gasteiger partial charge >= 0.3 is 6.09 Å². The molecule has 2 aliphatic rings. The molecule has 0 bridgehead atoms. The highest BCUT2D eigenvalue weighted by atomic mass is 16.6. The third-order valence-electron chi connectivity index (χ3n) is 3.48. The van der Waals surface area contributed by atoms with Gasteiger partial charge in [-0.3, -0.25) is 0 Å². The smallest absolute Gasteiger partial charge is 0.410 e. The Labute approximate surface area is 102 Å². The standard InChI is InChI=1S/C12H22N2O3/c1-11(2,3)17-10(15)14-7-12(8-14)4-5-16-9(12)6-13/h9H,4-8,13H2,1-3H3. The van der Waals surface area contributed by atoms with Crippen molar-refractivity contribution >= 4 is 6.09 Å². The first-order chi connectivity index (χ1) is 7.86. The van der Waals surface area contributed by atoms with Crippen LogP contribution >= 0.6 is 0 Å². The van der Waals surface area contributed by atoms with Gasteiger partial charge in [-0.2, -0.15) is 0 Å². The molecular weight excluding hydrogens is 220 g/mol. The van der Waals surface area contributed by atoms with Crippen molar-refractivity contribution in [2.45, 2.75) is 38.9 Å². The van der Waals surface area contributed by atoms with Gasteiger partial charge in [0.05, 0.1) is 6.10 Å². The summed E-state index contributed by atoms with van der Waals surface area (Å²) < 4.78 is 10.9. The Balaban J connectivity index is 1.88. The monoisotopic (exact) mass is 242 g/mol. The van der Waals surface area contributed by atoms with Gasteiger partial charge in [0.1, 0.15) is 5.60 Å². The minimum absolute atomic E-state index is 0.0889. The largest absolute Gasteiger partial charge is 0.444 e. The number of nitrogens with zero attached hydrogens (tertiary/aromatic N) is 1. The summed E-state index contributed by atoms with van der Waals surface area (Å²) in [6.45, 7) is 8.34. The molecule has 2 aliphatic heterocycles. The molecule has 5 nitrogen and oxygen atoms in total. The summed E-state index contributed by atoms with van der Waals surface area (Å²) in [5, 5.41) is 0. The third kappa shape index (κ3) is 2.40. The topological polar surface area (TPSA) is 64.8 Å². The van der Waals surface area contributed by atoms with E-state index in [1.54, 1.807) is 4.90 Å². The van der Waals surface area contributed by atoms with Crippen LogP contribution in [0.5, 0.6) is 0 Å². The van der Waals surface area contributed by atoms with Gasteiger partial charge in [0.15, 0.2) is 0 Å². The van der Waals surface area contributed by atoms with Gasteiger partial charge in [-0.05, 0) is 27.2 Å². The normalized spacial score (nSPS) is 27.1. The highest BCUT2D eigenvalue weighted by Crippen LogP contribution is 2.43. The zero-order valence-electron chi connectivity index (χ0n) is 10.9. The van der Waals surface area contributed by atoms with Crippen LogP contribution in [0.15, 0.2) is 0 Å². The molecule has 0 aliphatic carbocycles.